The first-order valence-electron chi connectivity index (χ1n) is 6.14. The van der Waals surface area contributed by atoms with Crippen LogP contribution in [-0.4, -0.2) is 16.2 Å². The number of nitrogens with one attached hydrogen (secondary N) is 1. The minimum atomic E-state index is 0.269. The molecule has 3 N–H and O–H groups in total. The molecule has 5 heteroatoms. The van der Waals surface area contributed by atoms with Gasteiger partial charge in [0.25, 0.3) is 0 Å². The van der Waals surface area contributed by atoms with Gasteiger partial charge in [0, 0.05) is 10.5 Å². The standard InChI is InChI=1S/C14H18N4S/c1-9(2)12-13(15)16-8-17-14(12)18-10-6-4-5-7-11(10)19-3/h4-9H,1-3H3,(H3,15,16,17,18). The van der Waals surface area contributed by atoms with Gasteiger partial charge in [0.1, 0.15) is 18.0 Å². The summed E-state index contributed by atoms with van der Waals surface area (Å²) in [6.45, 7) is 4.17. The summed E-state index contributed by atoms with van der Waals surface area (Å²) < 4.78 is 0. The van der Waals surface area contributed by atoms with Crippen LogP contribution in [0.25, 0.3) is 0 Å². The van der Waals surface area contributed by atoms with Crippen molar-refractivity contribution in [3.63, 3.8) is 0 Å². The molecule has 1 aromatic carbocycles. The van der Waals surface area contributed by atoms with Crippen LogP contribution in [0.4, 0.5) is 17.3 Å². The molecule has 0 aliphatic carbocycles. The van der Waals surface area contributed by atoms with Gasteiger partial charge in [-0.25, -0.2) is 9.97 Å². The molecule has 1 heterocycles. The van der Waals surface area contributed by atoms with Crippen molar-refractivity contribution in [3.8, 4) is 0 Å². The SMILES string of the molecule is CSc1ccccc1Nc1ncnc(N)c1C(C)C. The molecule has 1 aromatic heterocycles. The van der Waals surface area contributed by atoms with Gasteiger partial charge in [-0.2, -0.15) is 0 Å². The van der Waals surface area contributed by atoms with Gasteiger partial charge in [-0.3, -0.25) is 0 Å². The molecule has 0 radical (unpaired) electrons. The van der Waals surface area contributed by atoms with Crippen LogP contribution >= 0.6 is 11.8 Å². The van der Waals surface area contributed by atoms with E-state index in [2.05, 4.69) is 41.5 Å². The fourth-order valence-electron chi connectivity index (χ4n) is 1.95. The Hall–Kier alpha value is -1.75. The lowest BCUT2D eigenvalue weighted by Crippen LogP contribution is -2.06. The molecule has 0 spiro atoms. The van der Waals surface area contributed by atoms with Gasteiger partial charge in [0.2, 0.25) is 0 Å². The fraction of sp³-hybridized carbons (Fsp3) is 0.286. The number of benzene rings is 1. The maximum absolute atomic E-state index is 5.95. The highest BCUT2D eigenvalue weighted by molar-refractivity contribution is 7.98. The van der Waals surface area contributed by atoms with E-state index in [1.807, 2.05) is 18.2 Å². The van der Waals surface area contributed by atoms with Crippen molar-refractivity contribution in [2.75, 3.05) is 17.3 Å². The monoisotopic (exact) mass is 274 g/mol. The number of nitrogens with zero attached hydrogens (tertiary/aromatic N) is 2. The fourth-order valence-corrected chi connectivity index (χ4v) is 2.51. The van der Waals surface area contributed by atoms with Crippen molar-refractivity contribution in [3.05, 3.63) is 36.2 Å². The summed E-state index contributed by atoms with van der Waals surface area (Å²) in [5.41, 5.74) is 7.94. The highest BCUT2D eigenvalue weighted by atomic mass is 32.2. The lowest BCUT2D eigenvalue weighted by atomic mass is 10.0. The van der Waals surface area contributed by atoms with Crippen LogP contribution < -0.4 is 11.1 Å². The average molecular weight is 274 g/mol. The molecule has 0 aliphatic rings. The second kappa shape index (κ2) is 5.93. The van der Waals surface area contributed by atoms with Crippen molar-refractivity contribution in [1.82, 2.24) is 9.97 Å². The normalized spacial score (nSPS) is 10.7. The van der Waals surface area contributed by atoms with Crippen LogP contribution in [0.5, 0.6) is 0 Å². The number of hydrogen-bond acceptors (Lipinski definition) is 5. The Bertz CT molecular complexity index is 569. The molecule has 0 saturated carbocycles. The average Bonchev–Trinajstić information content (AvgIpc) is 2.39. The number of thioether (sulfide) groups is 1. The molecule has 2 aromatic rings. The summed E-state index contributed by atoms with van der Waals surface area (Å²) in [5.74, 6) is 1.59. The summed E-state index contributed by atoms with van der Waals surface area (Å²) in [6, 6.07) is 8.14. The molecule has 0 unspecified atom stereocenters. The minimum absolute atomic E-state index is 0.269. The van der Waals surface area contributed by atoms with Crippen LogP contribution in [0.15, 0.2) is 35.5 Å². The van der Waals surface area contributed by atoms with E-state index in [0.29, 0.717) is 5.82 Å². The minimum Gasteiger partial charge on any atom is -0.383 e. The molecule has 100 valence electrons. The molecule has 0 aliphatic heterocycles. The molecule has 4 nitrogen and oxygen atoms in total. The van der Waals surface area contributed by atoms with Crippen LogP contribution in [-0.2, 0) is 0 Å². The molecule has 2 rings (SSSR count). The Morgan fingerprint density at radius 3 is 2.63 bits per heavy atom. The number of para-hydroxylation sites is 1. The summed E-state index contributed by atoms with van der Waals surface area (Å²) in [5, 5.41) is 3.36. The van der Waals surface area contributed by atoms with Gasteiger partial charge in [0.15, 0.2) is 0 Å². The van der Waals surface area contributed by atoms with Crippen molar-refractivity contribution >= 4 is 29.1 Å². The zero-order valence-corrected chi connectivity index (χ0v) is 12.2. The van der Waals surface area contributed by atoms with Gasteiger partial charge < -0.3 is 11.1 Å². The predicted molar refractivity (Wildman–Crippen MR) is 82.0 cm³/mol. The van der Waals surface area contributed by atoms with Crippen molar-refractivity contribution in [1.29, 1.82) is 0 Å². The number of anilines is 3. The quantitative estimate of drug-likeness (QED) is 0.833. The largest absolute Gasteiger partial charge is 0.383 e. The first-order chi connectivity index (χ1) is 9.13. The molecule has 0 atom stereocenters. The molecular formula is C14H18N4S. The van der Waals surface area contributed by atoms with Gasteiger partial charge >= 0.3 is 0 Å². The van der Waals surface area contributed by atoms with Crippen molar-refractivity contribution in [2.24, 2.45) is 0 Å². The van der Waals surface area contributed by atoms with E-state index in [4.69, 9.17) is 5.73 Å². The van der Waals surface area contributed by atoms with Crippen LogP contribution in [0.1, 0.15) is 25.3 Å². The number of rotatable bonds is 4. The highest BCUT2D eigenvalue weighted by Crippen LogP contribution is 2.32. The van der Waals surface area contributed by atoms with Gasteiger partial charge in [0.05, 0.1) is 5.69 Å². The molecule has 0 saturated heterocycles. The molecule has 0 amide bonds. The summed E-state index contributed by atoms with van der Waals surface area (Å²) >= 11 is 1.70. The number of hydrogen-bond donors (Lipinski definition) is 2. The van der Waals surface area contributed by atoms with Gasteiger partial charge in [-0.05, 0) is 24.3 Å². The van der Waals surface area contributed by atoms with Crippen LogP contribution in [0.2, 0.25) is 0 Å². The third kappa shape index (κ3) is 2.98. The maximum Gasteiger partial charge on any atom is 0.139 e. The van der Waals surface area contributed by atoms with Crippen LogP contribution in [0.3, 0.4) is 0 Å². The lowest BCUT2D eigenvalue weighted by molar-refractivity contribution is 0.854. The number of aromatic nitrogens is 2. The Balaban J connectivity index is 2.41. The summed E-state index contributed by atoms with van der Waals surface area (Å²) in [7, 11) is 0. The topological polar surface area (TPSA) is 63.8 Å². The van der Waals surface area contributed by atoms with Crippen molar-refractivity contribution in [2.45, 2.75) is 24.7 Å². The Morgan fingerprint density at radius 1 is 1.21 bits per heavy atom. The van der Waals surface area contributed by atoms with E-state index < -0.39 is 0 Å². The Kier molecular flexibility index (Phi) is 4.27. The second-order valence-electron chi connectivity index (χ2n) is 4.50. The van der Waals surface area contributed by atoms with E-state index in [-0.39, 0.29) is 5.92 Å². The number of nitrogens with two attached hydrogens (primary N) is 1. The molecule has 19 heavy (non-hydrogen) atoms. The van der Waals surface area contributed by atoms with Gasteiger partial charge in [-0.1, -0.05) is 26.0 Å². The van der Waals surface area contributed by atoms with E-state index in [9.17, 15) is 0 Å². The summed E-state index contributed by atoms with van der Waals surface area (Å²) in [6.07, 6.45) is 3.55. The van der Waals surface area contributed by atoms with Crippen molar-refractivity contribution < 1.29 is 0 Å². The first-order valence-corrected chi connectivity index (χ1v) is 7.36. The first kappa shape index (κ1) is 13.7. The third-order valence-electron chi connectivity index (χ3n) is 2.85. The van der Waals surface area contributed by atoms with E-state index in [1.54, 1.807) is 11.8 Å². The Morgan fingerprint density at radius 2 is 1.95 bits per heavy atom. The smallest absolute Gasteiger partial charge is 0.139 e. The van der Waals surface area contributed by atoms with Crippen LogP contribution in [0, 0.1) is 0 Å². The maximum atomic E-state index is 5.95. The third-order valence-corrected chi connectivity index (χ3v) is 3.65. The van der Waals surface area contributed by atoms with Gasteiger partial charge in [-0.15, -0.1) is 11.8 Å². The molecular weight excluding hydrogens is 256 g/mol. The summed E-state index contributed by atoms with van der Waals surface area (Å²) in [4.78, 5) is 9.56. The Labute approximate surface area is 117 Å². The van der Waals surface area contributed by atoms with E-state index >= 15 is 0 Å². The molecule has 0 bridgehead atoms. The predicted octanol–water partition coefficient (Wildman–Crippen LogP) is 3.65. The number of nitrogen functional groups attached to an aromatic ring is 1. The van der Waals surface area contributed by atoms with E-state index in [0.717, 1.165) is 17.1 Å². The zero-order chi connectivity index (χ0) is 13.8. The second-order valence-corrected chi connectivity index (χ2v) is 5.35. The molecule has 0 fully saturated rings. The highest BCUT2D eigenvalue weighted by Gasteiger charge is 2.13. The van der Waals surface area contributed by atoms with E-state index in [1.165, 1.54) is 11.2 Å². The zero-order valence-electron chi connectivity index (χ0n) is 11.3. The lowest BCUT2D eigenvalue weighted by Gasteiger charge is -2.16.